The summed E-state index contributed by atoms with van der Waals surface area (Å²) in [6.07, 6.45) is 51.0. The zero-order valence-electron chi connectivity index (χ0n) is 35.4. The van der Waals surface area contributed by atoms with Crippen LogP contribution >= 0.6 is 0 Å². The second-order valence-electron chi connectivity index (χ2n) is 16.2. The molecule has 0 aromatic heterocycles. The molecule has 1 atom stereocenters. The Labute approximate surface area is 325 Å². The normalized spacial score (nSPS) is 12.0. The molecule has 52 heavy (non-hydrogen) atoms. The molecule has 5 nitrogen and oxygen atoms in total. The van der Waals surface area contributed by atoms with Crippen molar-refractivity contribution in [3.05, 3.63) is 0 Å². The van der Waals surface area contributed by atoms with E-state index >= 15 is 0 Å². The topological polar surface area (TPSA) is 72.8 Å². The Morgan fingerprint density at radius 2 is 0.596 bits per heavy atom. The van der Waals surface area contributed by atoms with Crippen molar-refractivity contribution >= 4 is 11.9 Å². The lowest BCUT2D eigenvalue weighted by Crippen LogP contribution is -2.28. The molecule has 0 fully saturated rings. The maximum absolute atomic E-state index is 12.1. The number of aliphatic hydroxyl groups is 1. The first-order valence-electron chi connectivity index (χ1n) is 23.6. The molecule has 1 unspecified atom stereocenters. The van der Waals surface area contributed by atoms with E-state index in [-0.39, 0.29) is 25.2 Å². The van der Waals surface area contributed by atoms with Crippen molar-refractivity contribution in [3.8, 4) is 0 Å². The van der Waals surface area contributed by atoms with Crippen LogP contribution in [0.2, 0.25) is 0 Å². The van der Waals surface area contributed by atoms with Crippen LogP contribution in [0.25, 0.3) is 0 Å². The number of hydrogen-bond donors (Lipinski definition) is 1. The lowest BCUT2D eigenvalue weighted by atomic mass is 10.0. The Balaban J connectivity index is 3.30. The van der Waals surface area contributed by atoms with Crippen molar-refractivity contribution < 1.29 is 24.2 Å². The SMILES string of the molecule is CCCCCCCCCCCCCCCCCCCCCCCCCCCCCCCCCCC(=O)OC(CO)COC(=O)CCCCCCCC. The van der Waals surface area contributed by atoms with E-state index in [1.54, 1.807) is 0 Å². The van der Waals surface area contributed by atoms with Gasteiger partial charge in [0.05, 0.1) is 6.61 Å². The highest BCUT2D eigenvalue weighted by Crippen LogP contribution is 2.17. The molecule has 0 heterocycles. The van der Waals surface area contributed by atoms with E-state index in [0.29, 0.717) is 12.8 Å². The van der Waals surface area contributed by atoms with E-state index in [1.807, 2.05) is 0 Å². The van der Waals surface area contributed by atoms with Gasteiger partial charge in [-0.25, -0.2) is 0 Å². The molecule has 0 bridgehead atoms. The van der Waals surface area contributed by atoms with E-state index < -0.39 is 6.10 Å². The van der Waals surface area contributed by atoms with Gasteiger partial charge >= 0.3 is 11.9 Å². The van der Waals surface area contributed by atoms with Crippen LogP contribution in [0.5, 0.6) is 0 Å². The quantitative estimate of drug-likeness (QED) is 0.0498. The second-order valence-corrected chi connectivity index (χ2v) is 16.2. The first-order chi connectivity index (χ1) is 25.6. The Morgan fingerprint density at radius 3 is 0.846 bits per heavy atom. The fourth-order valence-electron chi connectivity index (χ4n) is 7.32. The van der Waals surface area contributed by atoms with Crippen LogP contribution in [0.1, 0.15) is 271 Å². The van der Waals surface area contributed by atoms with Crippen molar-refractivity contribution in [2.45, 2.75) is 277 Å². The average Bonchev–Trinajstić information content (AvgIpc) is 3.15. The van der Waals surface area contributed by atoms with E-state index in [4.69, 9.17) is 9.47 Å². The van der Waals surface area contributed by atoms with E-state index in [9.17, 15) is 14.7 Å². The van der Waals surface area contributed by atoms with Crippen molar-refractivity contribution in [3.63, 3.8) is 0 Å². The van der Waals surface area contributed by atoms with Crippen molar-refractivity contribution in [1.82, 2.24) is 0 Å². The number of ether oxygens (including phenoxy) is 2. The summed E-state index contributed by atoms with van der Waals surface area (Å²) in [6.45, 7) is 4.11. The Hall–Kier alpha value is -1.10. The van der Waals surface area contributed by atoms with Gasteiger partial charge in [-0.15, -0.1) is 0 Å². The van der Waals surface area contributed by atoms with Gasteiger partial charge in [0, 0.05) is 12.8 Å². The average molecular weight is 737 g/mol. The number of carbonyl (C=O) groups excluding carboxylic acids is 2. The molecule has 0 aliphatic heterocycles. The largest absolute Gasteiger partial charge is 0.462 e. The van der Waals surface area contributed by atoms with Crippen molar-refractivity contribution in [2.75, 3.05) is 13.2 Å². The Morgan fingerprint density at radius 1 is 0.365 bits per heavy atom. The molecule has 0 radical (unpaired) electrons. The summed E-state index contributed by atoms with van der Waals surface area (Å²) >= 11 is 0. The first-order valence-corrected chi connectivity index (χ1v) is 23.6. The third kappa shape index (κ3) is 41.7. The van der Waals surface area contributed by atoms with Crippen LogP contribution in [0, 0.1) is 0 Å². The van der Waals surface area contributed by atoms with Crippen LogP contribution in [0.4, 0.5) is 0 Å². The number of carbonyl (C=O) groups is 2. The van der Waals surface area contributed by atoms with Gasteiger partial charge < -0.3 is 14.6 Å². The summed E-state index contributed by atoms with van der Waals surface area (Å²) in [5.41, 5.74) is 0. The van der Waals surface area contributed by atoms with Gasteiger partial charge in [-0.1, -0.05) is 245 Å². The van der Waals surface area contributed by atoms with Crippen LogP contribution < -0.4 is 0 Å². The Bertz CT molecular complexity index is 710. The van der Waals surface area contributed by atoms with E-state index in [2.05, 4.69) is 13.8 Å². The third-order valence-corrected chi connectivity index (χ3v) is 10.9. The molecule has 0 aliphatic rings. The molecule has 0 rings (SSSR count). The minimum absolute atomic E-state index is 0.0590. The van der Waals surface area contributed by atoms with Crippen LogP contribution in [-0.2, 0) is 19.1 Å². The summed E-state index contributed by atoms with van der Waals surface area (Å²) in [5.74, 6) is -0.585. The fourth-order valence-corrected chi connectivity index (χ4v) is 7.32. The zero-order valence-corrected chi connectivity index (χ0v) is 35.4. The summed E-state index contributed by atoms with van der Waals surface area (Å²) in [7, 11) is 0. The first kappa shape index (κ1) is 50.9. The number of unbranched alkanes of at least 4 members (excludes halogenated alkanes) is 36. The zero-order chi connectivity index (χ0) is 37.8. The molecule has 0 aromatic carbocycles. The second kappa shape index (κ2) is 44.3. The number of rotatable bonds is 44. The third-order valence-electron chi connectivity index (χ3n) is 10.9. The van der Waals surface area contributed by atoms with Gasteiger partial charge in [0.1, 0.15) is 6.61 Å². The minimum atomic E-state index is -0.760. The number of esters is 2. The van der Waals surface area contributed by atoms with Gasteiger partial charge in [0.25, 0.3) is 0 Å². The standard InChI is InChI=1S/C47H92O5/c1-3-5-7-9-11-12-13-14-15-16-17-18-19-20-21-22-23-24-25-26-27-28-29-30-31-32-33-34-35-36-38-40-42-47(50)52-45(43-48)44-51-46(49)41-39-37-10-8-6-4-2/h45,48H,3-44H2,1-2H3. The summed E-state index contributed by atoms with van der Waals surface area (Å²) < 4.78 is 10.5. The van der Waals surface area contributed by atoms with E-state index in [1.165, 1.54) is 205 Å². The molecule has 0 aliphatic carbocycles. The summed E-state index contributed by atoms with van der Waals surface area (Å²) in [5, 5.41) is 9.51. The van der Waals surface area contributed by atoms with Gasteiger partial charge in [-0.3, -0.25) is 9.59 Å². The molecule has 0 amide bonds. The van der Waals surface area contributed by atoms with Crippen LogP contribution in [-0.4, -0.2) is 36.4 Å². The monoisotopic (exact) mass is 737 g/mol. The van der Waals surface area contributed by atoms with Gasteiger partial charge in [0.15, 0.2) is 6.10 Å². The number of aliphatic hydroxyl groups excluding tert-OH is 1. The fraction of sp³-hybridized carbons (Fsp3) is 0.957. The highest BCUT2D eigenvalue weighted by Gasteiger charge is 2.16. The van der Waals surface area contributed by atoms with Crippen molar-refractivity contribution in [2.24, 2.45) is 0 Å². The van der Waals surface area contributed by atoms with Gasteiger partial charge in [0.2, 0.25) is 0 Å². The smallest absolute Gasteiger partial charge is 0.306 e. The van der Waals surface area contributed by atoms with Gasteiger partial charge in [-0.2, -0.15) is 0 Å². The Kier molecular flexibility index (Phi) is 43.4. The minimum Gasteiger partial charge on any atom is -0.462 e. The molecule has 0 saturated heterocycles. The predicted molar refractivity (Wildman–Crippen MR) is 224 cm³/mol. The maximum Gasteiger partial charge on any atom is 0.306 e. The lowest BCUT2D eigenvalue weighted by molar-refractivity contribution is -0.161. The highest BCUT2D eigenvalue weighted by atomic mass is 16.6. The molecular formula is C47H92O5. The van der Waals surface area contributed by atoms with Crippen LogP contribution in [0.15, 0.2) is 0 Å². The predicted octanol–water partition coefficient (Wildman–Crippen LogP) is 15.1. The lowest BCUT2D eigenvalue weighted by Gasteiger charge is -2.15. The molecule has 310 valence electrons. The summed E-state index contributed by atoms with van der Waals surface area (Å²) in [4.78, 5) is 24.1. The molecular weight excluding hydrogens is 645 g/mol. The van der Waals surface area contributed by atoms with Crippen LogP contribution in [0.3, 0.4) is 0 Å². The van der Waals surface area contributed by atoms with E-state index in [0.717, 1.165) is 38.5 Å². The number of hydrogen-bond acceptors (Lipinski definition) is 5. The highest BCUT2D eigenvalue weighted by molar-refractivity contribution is 5.70. The molecule has 0 spiro atoms. The molecule has 0 saturated carbocycles. The van der Waals surface area contributed by atoms with Gasteiger partial charge in [-0.05, 0) is 12.8 Å². The molecule has 5 heteroatoms. The van der Waals surface area contributed by atoms with Crippen molar-refractivity contribution in [1.29, 1.82) is 0 Å². The molecule has 0 aromatic rings. The molecule has 1 N–H and O–H groups in total. The maximum atomic E-state index is 12.1. The summed E-state index contributed by atoms with van der Waals surface area (Å²) in [6, 6.07) is 0.